The molecule has 2 N–H and O–H groups in total. The fraction of sp³-hybridized carbons (Fsp3) is 0.389. The number of rotatable bonds is 7. The summed E-state index contributed by atoms with van der Waals surface area (Å²) in [6.45, 7) is 6.71. The van der Waals surface area contributed by atoms with E-state index in [2.05, 4.69) is 9.97 Å². The summed E-state index contributed by atoms with van der Waals surface area (Å²) in [5.41, 5.74) is 6.30. The first-order valence-electron chi connectivity index (χ1n) is 9.04. The number of nitrogens with zero attached hydrogens (tertiary/aromatic N) is 5. The van der Waals surface area contributed by atoms with Gasteiger partial charge >= 0.3 is 5.69 Å². The Kier molecular flexibility index (Phi) is 5.59. The maximum atomic E-state index is 13.0. The van der Waals surface area contributed by atoms with Crippen molar-refractivity contribution in [3.63, 3.8) is 0 Å². The summed E-state index contributed by atoms with van der Waals surface area (Å²) in [5.74, 6) is -0.683. The van der Waals surface area contributed by atoms with Gasteiger partial charge in [0, 0.05) is 30.6 Å². The van der Waals surface area contributed by atoms with Crippen LogP contribution in [0, 0.1) is 0 Å². The predicted molar refractivity (Wildman–Crippen MR) is 107 cm³/mol. The van der Waals surface area contributed by atoms with Crippen LogP contribution >= 0.6 is 11.3 Å². The van der Waals surface area contributed by atoms with Gasteiger partial charge in [0.2, 0.25) is 5.91 Å². The zero-order valence-corrected chi connectivity index (χ0v) is 16.8. The minimum absolute atomic E-state index is 0.0668. The molecular formula is C18H22N6O3S. The minimum atomic E-state index is -0.777. The molecule has 0 aliphatic heterocycles. The van der Waals surface area contributed by atoms with E-state index in [9.17, 15) is 14.4 Å². The molecule has 148 valence electrons. The van der Waals surface area contributed by atoms with Crippen LogP contribution in [-0.4, -0.2) is 48.9 Å². The van der Waals surface area contributed by atoms with Gasteiger partial charge in [-0.2, -0.15) is 11.3 Å². The standard InChI is InChI=1S/C18H22N6O3S/c1-4-22(5-2)12(25)9-24-14-13(15(19)26)20-16(11-7-8-28-10-11)21-17(14)23(6-3)18(24)27/h7-8,10H,4-6,9H2,1-3H3,(H2,19,26). The molecule has 0 fully saturated rings. The van der Waals surface area contributed by atoms with Crippen molar-refractivity contribution in [1.29, 1.82) is 0 Å². The number of primary amides is 1. The smallest absolute Gasteiger partial charge is 0.330 e. The molecule has 0 aliphatic rings. The van der Waals surface area contributed by atoms with Crippen molar-refractivity contribution < 1.29 is 9.59 Å². The van der Waals surface area contributed by atoms with Gasteiger partial charge in [-0.3, -0.25) is 18.7 Å². The number of nitrogens with two attached hydrogens (primary N) is 1. The Morgan fingerprint density at radius 1 is 1.18 bits per heavy atom. The zero-order valence-electron chi connectivity index (χ0n) is 16.0. The summed E-state index contributed by atoms with van der Waals surface area (Å²) in [4.78, 5) is 48.1. The van der Waals surface area contributed by atoms with Crippen molar-refractivity contribution in [2.45, 2.75) is 33.9 Å². The van der Waals surface area contributed by atoms with Crippen LogP contribution in [0.3, 0.4) is 0 Å². The summed E-state index contributed by atoms with van der Waals surface area (Å²) in [6, 6.07) is 1.83. The van der Waals surface area contributed by atoms with E-state index in [1.807, 2.05) is 30.7 Å². The number of hydrogen-bond acceptors (Lipinski definition) is 6. The third-order valence-electron chi connectivity index (χ3n) is 4.59. The maximum Gasteiger partial charge on any atom is 0.330 e. The molecule has 0 saturated heterocycles. The van der Waals surface area contributed by atoms with E-state index in [1.165, 1.54) is 20.5 Å². The highest BCUT2D eigenvalue weighted by Crippen LogP contribution is 2.23. The molecule has 3 rings (SSSR count). The molecule has 0 radical (unpaired) electrons. The van der Waals surface area contributed by atoms with Crippen molar-refractivity contribution in [1.82, 2.24) is 24.0 Å². The molecule has 3 aromatic heterocycles. The van der Waals surface area contributed by atoms with Gasteiger partial charge in [-0.25, -0.2) is 14.8 Å². The number of fused-ring (bicyclic) bond motifs is 1. The zero-order chi connectivity index (χ0) is 20.4. The summed E-state index contributed by atoms with van der Waals surface area (Å²) >= 11 is 1.47. The lowest BCUT2D eigenvalue weighted by molar-refractivity contribution is -0.131. The molecule has 0 unspecified atom stereocenters. The van der Waals surface area contributed by atoms with Gasteiger partial charge in [0.15, 0.2) is 17.2 Å². The molecule has 0 spiro atoms. The molecule has 9 nitrogen and oxygen atoms in total. The monoisotopic (exact) mass is 402 g/mol. The lowest BCUT2D eigenvalue weighted by Crippen LogP contribution is -2.36. The summed E-state index contributed by atoms with van der Waals surface area (Å²) < 4.78 is 2.67. The number of hydrogen-bond donors (Lipinski definition) is 1. The van der Waals surface area contributed by atoms with Gasteiger partial charge in [-0.1, -0.05) is 0 Å². The molecule has 2 amide bonds. The Morgan fingerprint density at radius 2 is 1.89 bits per heavy atom. The van der Waals surface area contributed by atoms with Gasteiger partial charge in [0.1, 0.15) is 12.1 Å². The van der Waals surface area contributed by atoms with Gasteiger partial charge < -0.3 is 10.6 Å². The van der Waals surface area contributed by atoms with Gasteiger partial charge in [0.05, 0.1) is 0 Å². The second-order valence-corrected chi connectivity index (χ2v) is 6.90. The van der Waals surface area contributed by atoms with Crippen molar-refractivity contribution >= 4 is 34.3 Å². The van der Waals surface area contributed by atoms with Crippen LogP contribution in [-0.2, 0) is 17.9 Å². The highest BCUT2D eigenvalue weighted by Gasteiger charge is 2.25. The number of imidazole rings is 1. The van der Waals surface area contributed by atoms with Crippen molar-refractivity contribution in [3.8, 4) is 11.4 Å². The molecule has 3 heterocycles. The van der Waals surface area contributed by atoms with E-state index >= 15 is 0 Å². The Labute approximate surface area is 165 Å². The lowest BCUT2D eigenvalue weighted by atomic mass is 10.2. The second-order valence-electron chi connectivity index (χ2n) is 6.12. The number of aromatic nitrogens is 4. The number of thiophene rings is 1. The SMILES string of the molecule is CCN(CC)C(=O)Cn1c(=O)n(CC)c2nc(-c3ccsc3)nc(C(N)=O)c21. The number of likely N-dealkylation sites (N-methyl/N-ethyl adjacent to an activating group) is 1. The lowest BCUT2D eigenvalue weighted by Gasteiger charge is -2.18. The van der Waals surface area contributed by atoms with Crippen LogP contribution in [0.4, 0.5) is 0 Å². The van der Waals surface area contributed by atoms with E-state index in [-0.39, 0.29) is 23.7 Å². The van der Waals surface area contributed by atoms with Crippen molar-refractivity contribution in [2.75, 3.05) is 13.1 Å². The molecule has 0 saturated carbocycles. The van der Waals surface area contributed by atoms with Gasteiger partial charge in [-0.15, -0.1) is 0 Å². The molecule has 0 bridgehead atoms. The third-order valence-corrected chi connectivity index (χ3v) is 5.27. The number of amides is 2. The van der Waals surface area contributed by atoms with E-state index in [1.54, 1.807) is 11.8 Å². The highest BCUT2D eigenvalue weighted by molar-refractivity contribution is 7.08. The van der Waals surface area contributed by atoms with E-state index in [0.29, 0.717) is 31.1 Å². The van der Waals surface area contributed by atoms with E-state index in [0.717, 1.165) is 5.56 Å². The highest BCUT2D eigenvalue weighted by atomic mass is 32.1. The second kappa shape index (κ2) is 7.93. The van der Waals surface area contributed by atoms with Crippen LogP contribution in [0.2, 0.25) is 0 Å². The minimum Gasteiger partial charge on any atom is -0.364 e. The summed E-state index contributed by atoms with van der Waals surface area (Å²) in [6.07, 6.45) is 0. The first kappa shape index (κ1) is 19.7. The summed E-state index contributed by atoms with van der Waals surface area (Å²) in [7, 11) is 0. The fourth-order valence-electron chi connectivity index (χ4n) is 3.15. The first-order chi connectivity index (χ1) is 13.4. The molecule has 0 aliphatic carbocycles. The number of carbonyl (C=O) groups excluding carboxylic acids is 2. The first-order valence-corrected chi connectivity index (χ1v) is 9.98. The summed E-state index contributed by atoms with van der Waals surface area (Å²) in [5, 5.41) is 3.72. The Balaban J connectivity index is 2.28. The van der Waals surface area contributed by atoms with Crippen molar-refractivity contribution in [3.05, 3.63) is 33.0 Å². The van der Waals surface area contributed by atoms with Crippen molar-refractivity contribution in [2.24, 2.45) is 5.73 Å². The van der Waals surface area contributed by atoms with Crippen LogP contribution in [0.25, 0.3) is 22.6 Å². The average molecular weight is 402 g/mol. The Hall–Kier alpha value is -3.01. The van der Waals surface area contributed by atoms with Gasteiger partial charge in [0.25, 0.3) is 5.91 Å². The largest absolute Gasteiger partial charge is 0.364 e. The van der Waals surface area contributed by atoms with Crippen LogP contribution < -0.4 is 11.4 Å². The Bertz CT molecular complexity index is 1080. The molecule has 0 atom stereocenters. The Morgan fingerprint density at radius 3 is 2.43 bits per heavy atom. The van der Waals surface area contributed by atoms with Gasteiger partial charge in [-0.05, 0) is 32.2 Å². The number of carbonyl (C=O) groups is 2. The topological polar surface area (TPSA) is 116 Å². The maximum absolute atomic E-state index is 13.0. The van der Waals surface area contributed by atoms with E-state index < -0.39 is 11.6 Å². The predicted octanol–water partition coefficient (Wildman–Crippen LogP) is 1.31. The van der Waals surface area contributed by atoms with Crippen LogP contribution in [0.15, 0.2) is 21.6 Å². The van der Waals surface area contributed by atoms with Crippen LogP contribution in [0.5, 0.6) is 0 Å². The molecule has 0 aromatic carbocycles. The molecule has 3 aromatic rings. The molecular weight excluding hydrogens is 380 g/mol. The molecule has 28 heavy (non-hydrogen) atoms. The average Bonchev–Trinajstić information content (AvgIpc) is 3.29. The quantitative estimate of drug-likeness (QED) is 0.640. The molecule has 10 heteroatoms. The van der Waals surface area contributed by atoms with E-state index in [4.69, 9.17) is 5.73 Å². The number of aryl methyl sites for hydroxylation is 1. The fourth-order valence-corrected chi connectivity index (χ4v) is 3.78. The van der Waals surface area contributed by atoms with Crippen LogP contribution in [0.1, 0.15) is 31.3 Å². The normalized spacial score (nSPS) is 11.1. The third kappa shape index (κ3) is 3.31.